The molecule has 5 aromatic rings. The molecule has 9 heteroatoms. The summed E-state index contributed by atoms with van der Waals surface area (Å²) in [6, 6.07) is 26.8. The highest BCUT2D eigenvalue weighted by Gasteiger charge is 2.12. The SMILES string of the molecule is O=C(NCCc1cccnc1)Nc1ccc(-c2cccc(CNc3ccoc3)c2)c(C#Cc2ccc(C(=O)NCCN3CCCCC3)cc2)c1. The third-order valence-electron chi connectivity index (χ3n) is 8.61. The number of furan rings is 1. The van der Waals surface area contributed by atoms with Gasteiger partial charge < -0.3 is 30.6 Å². The number of likely N-dealkylation sites (tertiary alicyclic amines) is 1. The Labute approximate surface area is 293 Å². The Morgan fingerprint density at radius 2 is 1.68 bits per heavy atom. The van der Waals surface area contributed by atoms with Gasteiger partial charge in [-0.25, -0.2) is 4.79 Å². The number of pyridine rings is 1. The zero-order valence-electron chi connectivity index (χ0n) is 28.1. The van der Waals surface area contributed by atoms with Crippen molar-refractivity contribution in [3.63, 3.8) is 0 Å². The van der Waals surface area contributed by atoms with Crippen molar-refractivity contribution in [2.75, 3.05) is 43.4 Å². The average molecular weight is 667 g/mol. The molecule has 9 nitrogen and oxygen atoms in total. The molecule has 0 radical (unpaired) electrons. The first-order valence-electron chi connectivity index (χ1n) is 17.1. The van der Waals surface area contributed by atoms with E-state index in [4.69, 9.17) is 4.42 Å². The molecule has 0 saturated carbocycles. The van der Waals surface area contributed by atoms with Crippen LogP contribution in [0.3, 0.4) is 0 Å². The predicted molar refractivity (Wildman–Crippen MR) is 198 cm³/mol. The Hall–Kier alpha value is -5.85. The van der Waals surface area contributed by atoms with Crippen LogP contribution >= 0.6 is 0 Å². The summed E-state index contributed by atoms with van der Waals surface area (Å²) in [6.45, 7) is 4.84. The van der Waals surface area contributed by atoms with Crippen LogP contribution in [-0.4, -0.2) is 54.5 Å². The van der Waals surface area contributed by atoms with Gasteiger partial charge in [-0.3, -0.25) is 9.78 Å². The van der Waals surface area contributed by atoms with E-state index in [1.54, 1.807) is 24.9 Å². The number of benzene rings is 3. The summed E-state index contributed by atoms with van der Waals surface area (Å²) in [6.07, 6.45) is 11.3. The van der Waals surface area contributed by atoms with Gasteiger partial charge in [-0.15, -0.1) is 0 Å². The Bertz CT molecular complexity index is 1910. The van der Waals surface area contributed by atoms with Gasteiger partial charge in [0.05, 0.1) is 12.0 Å². The third-order valence-corrected chi connectivity index (χ3v) is 8.61. The molecule has 0 bridgehead atoms. The van der Waals surface area contributed by atoms with E-state index in [-0.39, 0.29) is 11.9 Å². The van der Waals surface area contributed by atoms with Gasteiger partial charge in [-0.2, -0.15) is 0 Å². The van der Waals surface area contributed by atoms with Crippen molar-refractivity contribution in [1.29, 1.82) is 0 Å². The number of nitrogens with one attached hydrogen (secondary N) is 4. The second-order valence-electron chi connectivity index (χ2n) is 12.3. The lowest BCUT2D eigenvalue weighted by Crippen LogP contribution is -2.37. The predicted octanol–water partition coefficient (Wildman–Crippen LogP) is 6.93. The number of anilines is 2. The number of nitrogens with zero attached hydrogens (tertiary/aromatic N) is 2. The molecule has 254 valence electrons. The van der Waals surface area contributed by atoms with Gasteiger partial charge in [-0.05, 0) is 109 Å². The molecular weight excluding hydrogens is 624 g/mol. The van der Waals surface area contributed by atoms with Gasteiger partial charge in [0.25, 0.3) is 5.91 Å². The van der Waals surface area contributed by atoms with Crippen LogP contribution in [-0.2, 0) is 13.0 Å². The lowest BCUT2D eigenvalue weighted by molar-refractivity contribution is 0.0946. The highest BCUT2D eigenvalue weighted by molar-refractivity contribution is 5.94. The minimum absolute atomic E-state index is 0.0802. The van der Waals surface area contributed by atoms with Gasteiger partial charge in [0.1, 0.15) is 6.26 Å². The van der Waals surface area contributed by atoms with Crippen molar-refractivity contribution in [2.24, 2.45) is 0 Å². The fourth-order valence-electron chi connectivity index (χ4n) is 5.89. The van der Waals surface area contributed by atoms with Crippen LogP contribution in [0.4, 0.5) is 16.2 Å². The quantitative estimate of drug-likeness (QED) is 0.108. The van der Waals surface area contributed by atoms with Crippen molar-refractivity contribution in [3.05, 3.63) is 138 Å². The average Bonchev–Trinajstić information content (AvgIpc) is 3.68. The lowest BCUT2D eigenvalue weighted by Gasteiger charge is -2.26. The number of piperidine rings is 1. The Kier molecular flexibility index (Phi) is 11.9. The molecular formula is C41H42N6O3. The first-order valence-corrected chi connectivity index (χ1v) is 17.1. The van der Waals surface area contributed by atoms with Crippen molar-refractivity contribution in [3.8, 4) is 23.0 Å². The van der Waals surface area contributed by atoms with Gasteiger partial charge in [0.2, 0.25) is 0 Å². The van der Waals surface area contributed by atoms with Crippen LogP contribution in [0.25, 0.3) is 11.1 Å². The van der Waals surface area contributed by atoms with E-state index in [0.29, 0.717) is 37.3 Å². The Balaban J connectivity index is 1.15. The number of hydrogen-bond donors (Lipinski definition) is 4. The van der Waals surface area contributed by atoms with E-state index < -0.39 is 0 Å². The van der Waals surface area contributed by atoms with Crippen LogP contribution in [0.15, 0.2) is 114 Å². The number of rotatable bonds is 12. The highest BCUT2D eigenvalue weighted by atomic mass is 16.3. The Morgan fingerprint density at radius 1 is 0.820 bits per heavy atom. The molecule has 1 saturated heterocycles. The van der Waals surface area contributed by atoms with E-state index in [2.05, 4.69) is 61.2 Å². The number of carbonyl (C=O) groups is 2. The lowest BCUT2D eigenvalue weighted by atomic mass is 9.97. The maximum Gasteiger partial charge on any atom is 0.319 e. The first kappa shape index (κ1) is 34.0. The third kappa shape index (κ3) is 10.1. The number of hydrogen-bond acceptors (Lipinski definition) is 6. The normalized spacial score (nSPS) is 12.7. The molecule has 2 aromatic heterocycles. The van der Waals surface area contributed by atoms with E-state index >= 15 is 0 Å². The number of urea groups is 1. The Morgan fingerprint density at radius 3 is 2.48 bits per heavy atom. The van der Waals surface area contributed by atoms with Gasteiger partial charge in [0.15, 0.2) is 0 Å². The standard InChI is InChI=1S/C41H42N6O3/c48-40(43-21-24-47-22-2-1-3-23-47)34-12-9-31(10-13-34)11-14-36-27-37(46-41(49)44-20-17-32-7-5-19-42-28-32)15-16-39(36)35-8-4-6-33(26-35)29-45-38-18-25-50-30-38/h4-10,12-13,15-16,18-19,25-28,30,45H,1-3,17,20-24,29H2,(H,43,48)(H2,44,46,49). The molecule has 3 aromatic carbocycles. The maximum atomic E-state index is 12.8. The van der Waals surface area contributed by atoms with Crippen molar-refractivity contribution >= 4 is 23.3 Å². The smallest absolute Gasteiger partial charge is 0.319 e. The zero-order valence-corrected chi connectivity index (χ0v) is 28.1. The summed E-state index contributed by atoms with van der Waals surface area (Å²) in [4.78, 5) is 32.1. The van der Waals surface area contributed by atoms with Gasteiger partial charge in [-0.1, -0.05) is 48.6 Å². The molecule has 0 unspecified atom stereocenters. The molecule has 1 aliphatic rings. The van der Waals surface area contributed by atoms with Crippen LogP contribution in [0.5, 0.6) is 0 Å². The molecule has 3 amide bonds. The fraction of sp³-hybridized carbons (Fsp3) is 0.244. The number of carbonyl (C=O) groups excluding carboxylic acids is 2. The molecule has 0 spiro atoms. The van der Waals surface area contributed by atoms with E-state index in [1.165, 1.54) is 19.3 Å². The van der Waals surface area contributed by atoms with Crippen LogP contribution < -0.4 is 21.3 Å². The molecule has 0 aliphatic carbocycles. The van der Waals surface area contributed by atoms with Crippen LogP contribution in [0.1, 0.15) is 51.9 Å². The molecule has 0 atom stereocenters. The zero-order chi connectivity index (χ0) is 34.4. The topological polar surface area (TPSA) is 112 Å². The van der Waals surface area contributed by atoms with E-state index in [1.807, 2.05) is 66.7 Å². The summed E-state index contributed by atoms with van der Waals surface area (Å²) in [5.74, 6) is 6.53. The fourth-order valence-corrected chi connectivity index (χ4v) is 5.89. The largest absolute Gasteiger partial charge is 0.470 e. The number of aromatic nitrogens is 1. The summed E-state index contributed by atoms with van der Waals surface area (Å²) < 4.78 is 5.17. The second kappa shape index (κ2) is 17.5. The van der Waals surface area contributed by atoms with Gasteiger partial charge >= 0.3 is 6.03 Å². The molecule has 6 rings (SSSR count). The number of amides is 3. The van der Waals surface area contributed by atoms with E-state index in [9.17, 15) is 9.59 Å². The molecule has 1 fully saturated rings. The second-order valence-corrected chi connectivity index (χ2v) is 12.3. The monoisotopic (exact) mass is 666 g/mol. The highest BCUT2D eigenvalue weighted by Crippen LogP contribution is 2.27. The molecule has 4 N–H and O–H groups in total. The molecule has 3 heterocycles. The molecule has 50 heavy (non-hydrogen) atoms. The van der Waals surface area contributed by atoms with Crippen molar-refractivity contribution < 1.29 is 14.0 Å². The minimum Gasteiger partial charge on any atom is -0.470 e. The summed E-state index contributed by atoms with van der Waals surface area (Å²) in [5.41, 5.74) is 7.79. The first-order chi connectivity index (χ1) is 24.6. The summed E-state index contributed by atoms with van der Waals surface area (Å²) >= 11 is 0. The van der Waals surface area contributed by atoms with Crippen molar-refractivity contribution in [2.45, 2.75) is 32.2 Å². The van der Waals surface area contributed by atoms with Crippen LogP contribution in [0.2, 0.25) is 0 Å². The summed E-state index contributed by atoms with van der Waals surface area (Å²) in [5, 5.41) is 12.3. The summed E-state index contributed by atoms with van der Waals surface area (Å²) in [7, 11) is 0. The molecule has 1 aliphatic heterocycles. The van der Waals surface area contributed by atoms with Crippen LogP contribution in [0, 0.1) is 11.8 Å². The van der Waals surface area contributed by atoms with Gasteiger partial charge in [0, 0.05) is 61.0 Å². The minimum atomic E-state index is -0.294. The maximum absolute atomic E-state index is 12.8. The van der Waals surface area contributed by atoms with Crippen molar-refractivity contribution in [1.82, 2.24) is 20.5 Å². The van der Waals surface area contributed by atoms with E-state index in [0.717, 1.165) is 58.7 Å².